The van der Waals surface area contributed by atoms with Gasteiger partial charge in [0.25, 0.3) is 0 Å². The Morgan fingerprint density at radius 2 is 1.50 bits per heavy atom. The van der Waals surface area contributed by atoms with Crippen LogP contribution in [0, 0.1) is 13.8 Å². The van der Waals surface area contributed by atoms with E-state index in [0.29, 0.717) is 0 Å². The van der Waals surface area contributed by atoms with Crippen LogP contribution in [0.5, 0.6) is 0 Å². The van der Waals surface area contributed by atoms with Gasteiger partial charge in [-0.1, -0.05) is 55.5 Å². The lowest BCUT2D eigenvalue weighted by Crippen LogP contribution is -2.43. The molecule has 0 aliphatic heterocycles. The van der Waals surface area contributed by atoms with Crippen molar-refractivity contribution < 1.29 is 0 Å². The minimum atomic E-state index is -0.164. The molecule has 0 amide bonds. The molecule has 2 N–H and O–H groups in total. The van der Waals surface area contributed by atoms with Crippen molar-refractivity contribution in [3.05, 3.63) is 70.8 Å². The number of benzene rings is 2. The average molecular weight is 267 g/mol. The summed E-state index contributed by atoms with van der Waals surface area (Å²) in [6, 6.07) is 17.2. The summed E-state index contributed by atoms with van der Waals surface area (Å²) in [4.78, 5) is 0. The standard InChI is InChI=1S/C19H25N/c1-4-19(20,13-17-8-6-5-7-9-17)14-18-11-10-15(2)16(3)12-18/h5-12H,4,13-14,20H2,1-3H3. The Balaban J connectivity index is 2.16. The van der Waals surface area contributed by atoms with E-state index in [-0.39, 0.29) is 5.54 Å². The molecular weight excluding hydrogens is 242 g/mol. The zero-order valence-electron chi connectivity index (χ0n) is 12.8. The highest BCUT2D eigenvalue weighted by Gasteiger charge is 2.23. The third-order valence-electron chi connectivity index (χ3n) is 4.23. The number of aryl methyl sites for hydroxylation is 2. The minimum absolute atomic E-state index is 0.164. The van der Waals surface area contributed by atoms with Crippen molar-refractivity contribution in [1.82, 2.24) is 0 Å². The van der Waals surface area contributed by atoms with E-state index in [0.717, 1.165) is 19.3 Å². The monoisotopic (exact) mass is 267 g/mol. The van der Waals surface area contributed by atoms with Gasteiger partial charge in [-0.25, -0.2) is 0 Å². The van der Waals surface area contributed by atoms with Crippen LogP contribution >= 0.6 is 0 Å². The highest BCUT2D eigenvalue weighted by atomic mass is 14.7. The van der Waals surface area contributed by atoms with Gasteiger partial charge >= 0.3 is 0 Å². The lowest BCUT2D eigenvalue weighted by molar-refractivity contribution is 0.404. The molecule has 0 aliphatic carbocycles. The summed E-state index contributed by atoms with van der Waals surface area (Å²) < 4.78 is 0. The summed E-state index contributed by atoms with van der Waals surface area (Å²) in [6.45, 7) is 6.50. The molecule has 0 bridgehead atoms. The topological polar surface area (TPSA) is 26.0 Å². The van der Waals surface area contributed by atoms with Crippen LogP contribution in [-0.4, -0.2) is 5.54 Å². The van der Waals surface area contributed by atoms with Gasteiger partial charge in [0, 0.05) is 5.54 Å². The molecule has 1 heteroatoms. The molecule has 0 saturated carbocycles. The van der Waals surface area contributed by atoms with Crippen molar-refractivity contribution in [2.45, 2.75) is 45.6 Å². The number of nitrogens with two attached hydrogens (primary N) is 1. The van der Waals surface area contributed by atoms with Gasteiger partial charge in [0.1, 0.15) is 0 Å². The normalized spacial score (nSPS) is 14.0. The van der Waals surface area contributed by atoms with Crippen LogP contribution in [0.2, 0.25) is 0 Å². The molecule has 0 aliphatic rings. The van der Waals surface area contributed by atoms with E-state index >= 15 is 0 Å². The van der Waals surface area contributed by atoms with Crippen molar-refractivity contribution in [3.63, 3.8) is 0 Å². The van der Waals surface area contributed by atoms with Gasteiger partial charge in [-0.15, -0.1) is 0 Å². The lowest BCUT2D eigenvalue weighted by atomic mass is 9.83. The summed E-state index contributed by atoms with van der Waals surface area (Å²) in [7, 11) is 0. The lowest BCUT2D eigenvalue weighted by Gasteiger charge is -2.29. The molecule has 0 saturated heterocycles. The Bertz CT molecular complexity index is 559. The highest BCUT2D eigenvalue weighted by Crippen LogP contribution is 2.21. The molecule has 0 heterocycles. The molecule has 0 fully saturated rings. The molecule has 0 radical (unpaired) electrons. The first-order valence-corrected chi connectivity index (χ1v) is 7.41. The fraction of sp³-hybridized carbons (Fsp3) is 0.368. The van der Waals surface area contributed by atoms with Crippen molar-refractivity contribution in [3.8, 4) is 0 Å². The fourth-order valence-corrected chi connectivity index (χ4v) is 2.63. The number of rotatable bonds is 5. The molecule has 1 nitrogen and oxygen atoms in total. The highest BCUT2D eigenvalue weighted by molar-refractivity contribution is 5.31. The zero-order valence-corrected chi connectivity index (χ0v) is 12.8. The quantitative estimate of drug-likeness (QED) is 0.863. The molecule has 20 heavy (non-hydrogen) atoms. The summed E-state index contributed by atoms with van der Waals surface area (Å²) in [5.74, 6) is 0. The maximum atomic E-state index is 6.65. The van der Waals surface area contributed by atoms with Gasteiger partial charge < -0.3 is 5.73 Å². The second-order valence-electron chi connectivity index (χ2n) is 5.97. The van der Waals surface area contributed by atoms with Gasteiger partial charge in [-0.2, -0.15) is 0 Å². The maximum absolute atomic E-state index is 6.65. The van der Waals surface area contributed by atoms with Gasteiger partial charge in [0.05, 0.1) is 0 Å². The Morgan fingerprint density at radius 1 is 0.850 bits per heavy atom. The summed E-state index contributed by atoms with van der Waals surface area (Å²) >= 11 is 0. The van der Waals surface area contributed by atoms with E-state index in [1.807, 2.05) is 0 Å². The van der Waals surface area contributed by atoms with Crippen molar-refractivity contribution in [1.29, 1.82) is 0 Å². The average Bonchev–Trinajstić information content (AvgIpc) is 2.44. The van der Waals surface area contributed by atoms with Crippen LogP contribution in [0.25, 0.3) is 0 Å². The second-order valence-corrected chi connectivity index (χ2v) is 5.97. The van der Waals surface area contributed by atoms with Crippen molar-refractivity contribution >= 4 is 0 Å². The number of hydrogen-bond donors (Lipinski definition) is 1. The van der Waals surface area contributed by atoms with E-state index < -0.39 is 0 Å². The third-order valence-corrected chi connectivity index (χ3v) is 4.23. The molecule has 0 spiro atoms. The summed E-state index contributed by atoms with van der Waals surface area (Å²) in [6.07, 6.45) is 2.84. The van der Waals surface area contributed by atoms with E-state index in [1.54, 1.807) is 0 Å². The molecule has 2 aromatic carbocycles. The van der Waals surface area contributed by atoms with Crippen LogP contribution in [0.15, 0.2) is 48.5 Å². The van der Waals surface area contributed by atoms with Gasteiger partial charge in [0.2, 0.25) is 0 Å². The molecule has 106 valence electrons. The smallest absolute Gasteiger partial charge is 0.0233 e. The predicted octanol–water partition coefficient (Wildman–Crippen LogP) is 4.20. The second kappa shape index (κ2) is 6.23. The van der Waals surface area contributed by atoms with E-state index in [4.69, 9.17) is 5.73 Å². The largest absolute Gasteiger partial charge is 0.325 e. The molecule has 1 unspecified atom stereocenters. The first-order valence-electron chi connectivity index (χ1n) is 7.41. The van der Waals surface area contributed by atoms with Crippen LogP contribution < -0.4 is 5.73 Å². The molecule has 1 atom stereocenters. The van der Waals surface area contributed by atoms with Crippen molar-refractivity contribution in [2.24, 2.45) is 5.73 Å². The molecular formula is C19H25N. The van der Waals surface area contributed by atoms with Crippen LogP contribution in [0.3, 0.4) is 0 Å². The zero-order chi connectivity index (χ0) is 14.6. The molecule has 2 rings (SSSR count). The molecule has 0 aromatic heterocycles. The SMILES string of the molecule is CCC(N)(Cc1ccccc1)Cc1ccc(C)c(C)c1. The number of hydrogen-bond acceptors (Lipinski definition) is 1. The predicted molar refractivity (Wildman–Crippen MR) is 87.0 cm³/mol. The first-order chi connectivity index (χ1) is 9.52. The first kappa shape index (κ1) is 14.8. The minimum Gasteiger partial charge on any atom is -0.325 e. The van der Waals surface area contributed by atoms with Crippen molar-refractivity contribution in [2.75, 3.05) is 0 Å². The maximum Gasteiger partial charge on any atom is 0.0233 e. The molecule has 2 aromatic rings. The van der Waals surface area contributed by atoms with Crippen LogP contribution in [0.4, 0.5) is 0 Å². The summed E-state index contributed by atoms with van der Waals surface area (Å²) in [5, 5.41) is 0. The third kappa shape index (κ3) is 3.71. The Kier molecular flexibility index (Phi) is 4.61. The Labute approximate surface area is 122 Å². The van der Waals surface area contributed by atoms with E-state index in [2.05, 4.69) is 69.3 Å². The fourth-order valence-electron chi connectivity index (χ4n) is 2.63. The van der Waals surface area contributed by atoms with E-state index in [1.165, 1.54) is 22.3 Å². The Morgan fingerprint density at radius 3 is 2.10 bits per heavy atom. The van der Waals surface area contributed by atoms with E-state index in [9.17, 15) is 0 Å². The van der Waals surface area contributed by atoms with Gasteiger partial charge in [0.15, 0.2) is 0 Å². The van der Waals surface area contributed by atoms with Gasteiger partial charge in [-0.05, 0) is 55.4 Å². The van der Waals surface area contributed by atoms with Gasteiger partial charge in [-0.3, -0.25) is 0 Å². The van der Waals surface area contributed by atoms with Crippen LogP contribution in [-0.2, 0) is 12.8 Å². The van der Waals surface area contributed by atoms with Crippen LogP contribution in [0.1, 0.15) is 35.6 Å². The summed E-state index contributed by atoms with van der Waals surface area (Å²) in [5.41, 5.74) is 11.8. The Hall–Kier alpha value is -1.60.